The minimum absolute atomic E-state index is 0.515. The van der Waals surface area contributed by atoms with Crippen molar-refractivity contribution in [3.63, 3.8) is 0 Å². The third kappa shape index (κ3) is 7.22. The Morgan fingerprint density at radius 3 is 1.48 bits per heavy atom. The van der Waals surface area contributed by atoms with E-state index in [1.807, 2.05) is 84.9 Å². The van der Waals surface area contributed by atoms with Gasteiger partial charge in [0.05, 0.1) is 11.6 Å². The first-order valence-corrected chi connectivity index (χ1v) is 20.9. The average Bonchev–Trinajstić information content (AvgIpc) is 3.75. The predicted octanol–water partition coefficient (Wildman–Crippen LogP) is 15.0. The van der Waals surface area contributed by atoms with E-state index in [2.05, 4.69) is 140 Å². The van der Waals surface area contributed by atoms with Crippen LogP contribution in [0.4, 0.5) is 0 Å². The molecule has 0 saturated heterocycles. The molecule has 11 rings (SSSR count). The maximum absolute atomic E-state index is 9.78. The summed E-state index contributed by atoms with van der Waals surface area (Å²) in [6.45, 7) is 0. The van der Waals surface area contributed by atoms with Crippen molar-refractivity contribution in [1.82, 2.24) is 15.0 Å². The fourth-order valence-corrected chi connectivity index (χ4v) is 8.47. The van der Waals surface area contributed by atoms with Crippen molar-refractivity contribution >= 4 is 21.9 Å². The smallest absolute Gasteiger partial charge is 0.164 e. The van der Waals surface area contributed by atoms with Crippen LogP contribution in [-0.4, -0.2) is 15.0 Å². The Hall–Kier alpha value is -8.72. The number of furan rings is 1. The largest absolute Gasteiger partial charge is 0.456 e. The molecule has 2 heterocycles. The van der Waals surface area contributed by atoms with Gasteiger partial charge in [0.25, 0.3) is 0 Å². The van der Waals surface area contributed by atoms with Gasteiger partial charge in [-0.2, -0.15) is 5.26 Å². The molecule has 294 valence electrons. The lowest BCUT2D eigenvalue weighted by Crippen LogP contribution is -2.01. The maximum atomic E-state index is 9.78. The fraction of sp³-hybridized carbons (Fsp3) is 0. The molecule has 0 aliphatic heterocycles. The summed E-state index contributed by atoms with van der Waals surface area (Å²) in [7, 11) is 0. The SMILES string of the molecule is N#Cc1cccc(-c2ccccc2-c2nc(-c3cc(-c4ccccc4)cc(-c4ccccc4)c3)nc(-c3ccc4c(c3)oc3cccc(-c5ccc(-c6ccccc6)cc5)c34)n2)c1. The topological polar surface area (TPSA) is 75.6 Å². The van der Waals surface area contributed by atoms with Gasteiger partial charge in [0.2, 0.25) is 0 Å². The lowest BCUT2D eigenvalue weighted by molar-refractivity contribution is 0.669. The van der Waals surface area contributed by atoms with Crippen LogP contribution in [0.15, 0.2) is 223 Å². The molecule has 0 amide bonds. The number of rotatable bonds is 8. The number of nitriles is 1. The van der Waals surface area contributed by atoms with Crippen LogP contribution in [0, 0.1) is 11.3 Å². The van der Waals surface area contributed by atoms with Crippen molar-refractivity contribution < 1.29 is 4.42 Å². The van der Waals surface area contributed by atoms with E-state index in [4.69, 9.17) is 19.4 Å². The zero-order valence-corrected chi connectivity index (χ0v) is 34.0. The van der Waals surface area contributed by atoms with Crippen LogP contribution in [0.2, 0.25) is 0 Å². The summed E-state index contributed by atoms with van der Waals surface area (Å²) in [5.41, 5.74) is 15.3. The summed E-state index contributed by atoms with van der Waals surface area (Å²) in [6, 6.07) is 76.9. The van der Waals surface area contributed by atoms with E-state index < -0.39 is 0 Å². The van der Waals surface area contributed by atoms with Crippen LogP contribution in [0.1, 0.15) is 5.56 Å². The highest BCUT2D eigenvalue weighted by Gasteiger charge is 2.19. The Labute approximate surface area is 364 Å². The van der Waals surface area contributed by atoms with Gasteiger partial charge in [-0.1, -0.05) is 170 Å². The Morgan fingerprint density at radius 2 is 0.810 bits per heavy atom. The minimum Gasteiger partial charge on any atom is -0.456 e. The second kappa shape index (κ2) is 16.0. The number of fused-ring (bicyclic) bond motifs is 3. The van der Waals surface area contributed by atoms with E-state index in [1.165, 1.54) is 11.1 Å². The van der Waals surface area contributed by atoms with E-state index in [-0.39, 0.29) is 0 Å². The summed E-state index contributed by atoms with van der Waals surface area (Å²) in [6.07, 6.45) is 0. The zero-order chi connectivity index (χ0) is 42.1. The zero-order valence-electron chi connectivity index (χ0n) is 34.0. The Bertz CT molecular complexity index is 3440. The molecule has 0 saturated carbocycles. The van der Waals surface area contributed by atoms with E-state index in [1.54, 1.807) is 0 Å². The van der Waals surface area contributed by atoms with Crippen molar-refractivity contribution in [2.75, 3.05) is 0 Å². The van der Waals surface area contributed by atoms with Crippen molar-refractivity contribution in [3.05, 3.63) is 224 Å². The predicted molar refractivity (Wildman–Crippen MR) is 255 cm³/mol. The third-order valence-corrected chi connectivity index (χ3v) is 11.6. The molecular weight excluding hydrogens is 769 g/mol. The molecule has 11 aromatic rings. The lowest BCUT2D eigenvalue weighted by atomic mass is 9.95. The van der Waals surface area contributed by atoms with Gasteiger partial charge in [-0.3, -0.25) is 0 Å². The summed E-state index contributed by atoms with van der Waals surface area (Å²) >= 11 is 0. The molecule has 63 heavy (non-hydrogen) atoms. The van der Waals surface area contributed by atoms with Crippen molar-refractivity contribution in [3.8, 4) is 95.9 Å². The van der Waals surface area contributed by atoms with Gasteiger partial charge in [-0.05, 0) is 104 Å². The van der Waals surface area contributed by atoms with E-state index in [0.29, 0.717) is 23.0 Å². The third-order valence-electron chi connectivity index (χ3n) is 11.6. The molecule has 5 nitrogen and oxygen atoms in total. The molecule has 9 aromatic carbocycles. The van der Waals surface area contributed by atoms with Gasteiger partial charge in [0.15, 0.2) is 17.5 Å². The van der Waals surface area contributed by atoms with Gasteiger partial charge in [0.1, 0.15) is 11.2 Å². The van der Waals surface area contributed by atoms with Gasteiger partial charge in [-0.25, -0.2) is 15.0 Å². The molecule has 0 spiro atoms. The summed E-state index contributed by atoms with van der Waals surface area (Å²) in [5, 5.41) is 11.9. The number of benzene rings is 9. The van der Waals surface area contributed by atoms with Crippen molar-refractivity contribution in [2.24, 2.45) is 0 Å². The molecular formula is C58H36N4O. The highest BCUT2D eigenvalue weighted by molar-refractivity contribution is 6.13. The van der Waals surface area contributed by atoms with Crippen LogP contribution in [0.3, 0.4) is 0 Å². The molecule has 0 N–H and O–H groups in total. The molecule has 2 aromatic heterocycles. The van der Waals surface area contributed by atoms with Crippen molar-refractivity contribution in [1.29, 1.82) is 5.26 Å². The molecule has 0 atom stereocenters. The first-order chi connectivity index (χ1) is 31.1. The first kappa shape index (κ1) is 37.3. The van der Waals surface area contributed by atoms with Gasteiger partial charge in [-0.15, -0.1) is 0 Å². The maximum Gasteiger partial charge on any atom is 0.164 e. The van der Waals surface area contributed by atoms with Crippen LogP contribution < -0.4 is 0 Å². The minimum atomic E-state index is 0.515. The van der Waals surface area contributed by atoms with E-state index in [9.17, 15) is 5.26 Å². The Kier molecular flexibility index (Phi) is 9.50. The van der Waals surface area contributed by atoms with E-state index in [0.717, 1.165) is 83.1 Å². The van der Waals surface area contributed by atoms with Crippen LogP contribution in [-0.2, 0) is 0 Å². The number of nitrogens with zero attached hydrogens (tertiary/aromatic N) is 4. The fourth-order valence-electron chi connectivity index (χ4n) is 8.47. The van der Waals surface area contributed by atoms with Crippen LogP contribution in [0.25, 0.3) is 112 Å². The lowest BCUT2D eigenvalue weighted by Gasteiger charge is -2.14. The molecule has 5 heteroatoms. The summed E-state index contributed by atoms with van der Waals surface area (Å²) < 4.78 is 6.63. The quantitative estimate of drug-likeness (QED) is 0.153. The van der Waals surface area contributed by atoms with Crippen molar-refractivity contribution in [2.45, 2.75) is 0 Å². The van der Waals surface area contributed by atoms with Crippen LogP contribution in [0.5, 0.6) is 0 Å². The molecule has 0 aliphatic carbocycles. The molecule has 0 unspecified atom stereocenters. The average molecular weight is 805 g/mol. The summed E-state index contributed by atoms with van der Waals surface area (Å²) in [4.78, 5) is 15.7. The van der Waals surface area contributed by atoms with Crippen LogP contribution >= 0.6 is 0 Å². The Morgan fingerprint density at radius 1 is 0.317 bits per heavy atom. The number of aromatic nitrogens is 3. The van der Waals surface area contributed by atoms with Gasteiger partial charge >= 0.3 is 0 Å². The molecule has 0 aliphatic rings. The monoisotopic (exact) mass is 804 g/mol. The van der Waals surface area contributed by atoms with Gasteiger partial charge < -0.3 is 4.42 Å². The standard InChI is InChI=1S/C58H36N4O/c59-37-38-14-12-21-44(32-38)49-22-10-11-23-51(49)58-61-56(60-57(62-58)48-34-46(40-17-6-2-7-18-40)33-47(35-48)41-19-8-3-9-20-41)45-30-31-52-54(36-45)63-53-25-13-24-50(55(52)53)43-28-26-42(27-29-43)39-15-4-1-5-16-39/h1-36H. The summed E-state index contributed by atoms with van der Waals surface area (Å²) in [5.74, 6) is 1.57. The first-order valence-electron chi connectivity index (χ1n) is 20.9. The molecule has 0 radical (unpaired) electrons. The Balaban J connectivity index is 1.09. The second-order valence-electron chi connectivity index (χ2n) is 15.5. The second-order valence-corrected chi connectivity index (χ2v) is 15.5. The molecule has 0 bridgehead atoms. The molecule has 0 fully saturated rings. The highest BCUT2D eigenvalue weighted by Crippen LogP contribution is 2.40. The normalized spacial score (nSPS) is 11.2. The van der Waals surface area contributed by atoms with E-state index >= 15 is 0 Å². The van der Waals surface area contributed by atoms with Gasteiger partial charge in [0, 0.05) is 27.5 Å². The number of hydrogen-bond donors (Lipinski definition) is 0. The number of hydrogen-bond acceptors (Lipinski definition) is 5. The highest BCUT2D eigenvalue weighted by atomic mass is 16.3.